The van der Waals surface area contributed by atoms with E-state index in [0.29, 0.717) is 18.1 Å². The lowest BCUT2D eigenvalue weighted by Crippen LogP contribution is -2.30. The third-order valence-corrected chi connectivity index (χ3v) is 2.94. The number of carbonyl (C=O) groups excluding carboxylic acids is 1. The quantitative estimate of drug-likeness (QED) is 0.870. The number of rotatable bonds is 3. The van der Waals surface area contributed by atoms with E-state index in [-0.39, 0.29) is 12.5 Å². The molecular weight excluding hydrogens is 230 g/mol. The summed E-state index contributed by atoms with van der Waals surface area (Å²) in [6.45, 7) is 4.70. The molecule has 2 heterocycles. The molecule has 0 aromatic carbocycles. The van der Waals surface area contributed by atoms with Crippen LogP contribution < -0.4 is 5.73 Å². The minimum atomic E-state index is -0.00845. The molecular formula is C12H17N5O. The van der Waals surface area contributed by atoms with Crippen molar-refractivity contribution >= 4 is 23.0 Å². The molecule has 0 radical (unpaired) electrons. The second-order valence-corrected chi connectivity index (χ2v) is 4.32. The number of nitrogens with zero attached hydrogens (tertiary/aromatic N) is 4. The normalized spacial score (nSPS) is 10.8. The van der Waals surface area contributed by atoms with Crippen LogP contribution in [0.4, 0.5) is 5.95 Å². The van der Waals surface area contributed by atoms with E-state index in [1.54, 1.807) is 22.7 Å². The van der Waals surface area contributed by atoms with Gasteiger partial charge in [0.15, 0.2) is 5.65 Å². The van der Waals surface area contributed by atoms with Crippen LogP contribution in [0.1, 0.15) is 12.5 Å². The van der Waals surface area contributed by atoms with Gasteiger partial charge in [0.2, 0.25) is 11.9 Å². The average Bonchev–Trinajstić information content (AvgIpc) is 2.64. The van der Waals surface area contributed by atoms with Gasteiger partial charge in [0, 0.05) is 19.8 Å². The van der Waals surface area contributed by atoms with Gasteiger partial charge in [-0.25, -0.2) is 9.97 Å². The third kappa shape index (κ3) is 2.13. The Kier molecular flexibility index (Phi) is 3.18. The van der Waals surface area contributed by atoms with E-state index in [1.807, 2.05) is 19.9 Å². The van der Waals surface area contributed by atoms with Crippen molar-refractivity contribution in [2.45, 2.75) is 20.4 Å². The van der Waals surface area contributed by atoms with Crippen LogP contribution in [-0.4, -0.2) is 38.9 Å². The number of imidazole rings is 1. The van der Waals surface area contributed by atoms with Gasteiger partial charge < -0.3 is 10.6 Å². The molecule has 0 unspecified atom stereocenters. The van der Waals surface area contributed by atoms with Gasteiger partial charge in [0.05, 0.1) is 0 Å². The van der Waals surface area contributed by atoms with E-state index in [4.69, 9.17) is 5.73 Å². The predicted octanol–water partition coefficient (Wildman–Crippen LogP) is 0.800. The highest BCUT2D eigenvalue weighted by atomic mass is 16.2. The standard InChI is InChI=1S/C12H17N5O/c1-4-16(3)10(18)7-17-11-9(15-12(17)13)5-8(2)6-14-11/h5-6H,4,7H2,1-3H3,(H2,13,15). The SMILES string of the molecule is CCN(C)C(=O)Cn1c(N)nc2cc(C)cnc21. The first-order valence-electron chi connectivity index (χ1n) is 5.85. The van der Waals surface area contributed by atoms with Crippen molar-refractivity contribution in [2.75, 3.05) is 19.3 Å². The highest BCUT2D eigenvalue weighted by molar-refractivity contribution is 5.80. The average molecular weight is 247 g/mol. The van der Waals surface area contributed by atoms with Crippen LogP contribution in [0.5, 0.6) is 0 Å². The number of carbonyl (C=O) groups is 1. The molecule has 6 nitrogen and oxygen atoms in total. The molecule has 6 heteroatoms. The Morgan fingerprint density at radius 1 is 1.56 bits per heavy atom. The second kappa shape index (κ2) is 4.64. The highest BCUT2D eigenvalue weighted by Gasteiger charge is 2.14. The predicted molar refractivity (Wildman–Crippen MR) is 70.0 cm³/mol. The monoisotopic (exact) mass is 247 g/mol. The summed E-state index contributed by atoms with van der Waals surface area (Å²) < 4.78 is 1.64. The lowest BCUT2D eigenvalue weighted by atomic mass is 10.3. The van der Waals surface area contributed by atoms with Crippen LogP contribution in [0.3, 0.4) is 0 Å². The Morgan fingerprint density at radius 3 is 2.94 bits per heavy atom. The lowest BCUT2D eigenvalue weighted by Gasteiger charge is -2.15. The van der Waals surface area contributed by atoms with Crippen molar-refractivity contribution in [3.8, 4) is 0 Å². The van der Waals surface area contributed by atoms with Crippen molar-refractivity contribution < 1.29 is 4.79 Å². The largest absolute Gasteiger partial charge is 0.369 e. The molecule has 1 amide bonds. The molecule has 0 saturated carbocycles. The Bertz CT molecular complexity index is 589. The smallest absolute Gasteiger partial charge is 0.242 e. The van der Waals surface area contributed by atoms with Gasteiger partial charge in [0.25, 0.3) is 0 Å². The lowest BCUT2D eigenvalue weighted by molar-refractivity contribution is -0.130. The van der Waals surface area contributed by atoms with Crippen LogP contribution in [-0.2, 0) is 11.3 Å². The Morgan fingerprint density at radius 2 is 2.28 bits per heavy atom. The van der Waals surface area contributed by atoms with Crippen LogP contribution in [0, 0.1) is 6.92 Å². The summed E-state index contributed by atoms with van der Waals surface area (Å²) in [5.41, 5.74) is 8.22. The first-order valence-corrected chi connectivity index (χ1v) is 5.85. The first kappa shape index (κ1) is 12.3. The minimum Gasteiger partial charge on any atom is -0.369 e. The van der Waals surface area contributed by atoms with Crippen LogP contribution in [0.15, 0.2) is 12.3 Å². The Hall–Kier alpha value is -2.11. The van der Waals surface area contributed by atoms with Crippen molar-refractivity contribution in [3.63, 3.8) is 0 Å². The number of pyridine rings is 1. The zero-order chi connectivity index (χ0) is 13.3. The highest BCUT2D eigenvalue weighted by Crippen LogP contribution is 2.16. The fourth-order valence-corrected chi connectivity index (χ4v) is 1.72. The molecule has 0 spiro atoms. The number of hydrogen-bond donors (Lipinski definition) is 1. The van der Waals surface area contributed by atoms with Gasteiger partial charge in [-0.15, -0.1) is 0 Å². The molecule has 96 valence electrons. The number of aryl methyl sites for hydroxylation is 1. The minimum absolute atomic E-state index is 0.00845. The van der Waals surface area contributed by atoms with Gasteiger partial charge in [0.1, 0.15) is 12.1 Å². The summed E-state index contributed by atoms with van der Waals surface area (Å²) in [6, 6.07) is 1.91. The van der Waals surface area contributed by atoms with Crippen molar-refractivity contribution in [1.29, 1.82) is 0 Å². The molecule has 0 aliphatic carbocycles. The summed E-state index contributed by atoms with van der Waals surface area (Å²) in [4.78, 5) is 22.0. The van der Waals surface area contributed by atoms with Crippen LogP contribution >= 0.6 is 0 Å². The number of nitrogen functional groups attached to an aromatic ring is 1. The van der Waals surface area contributed by atoms with E-state index in [9.17, 15) is 4.79 Å². The maximum atomic E-state index is 11.9. The fourth-order valence-electron chi connectivity index (χ4n) is 1.72. The van der Waals surface area contributed by atoms with Gasteiger partial charge in [-0.05, 0) is 25.5 Å². The van der Waals surface area contributed by atoms with Crippen molar-refractivity contribution in [2.24, 2.45) is 0 Å². The van der Waals surface area contributed by atoms with E-state index in [1.165, 1.54) is 0 Å². The topological polar surface area (TPSA) is 77.0 Å². The molecule has 2 N–H and O–H groups in total. The molecule has 0 fully saturated rings. The first-order chi connectivity index (χ1) is 8.52. The molecule has 0 atom stereocenters. The summed E-state index contributed by atoms with van der Waals surface area (Å²) in [7, 11) is 1.76. The van der Waals surface area contributed by atoms with Gasteiger partial charge in [-0.2, -0.15) is 0 Å². The zero-order valence-electron chi connectivity index (χ0n) is 10.8. The van der Waals surface area contributed by atoms with Crippen LogP contribution in [0.2, 0.25) is 0 Å². The van der Waals surface area contributed by atoms with Gasteiger partial charge in [-0.1, -0.05) is 0 Å². The van der Waals surface area contributed by atoms with Gasteiger partial charge in [-0.3, -0.25) is 9.36 Å². The maximum Gasteiger partial charge on any atom is 0.242 e. The summed E-state index contributed by atoms with van der Waals surface area (Å²) in [5.74, 6) is 0.312. The number of amides is 1. The molecule has 2 aromatic rings. The van der Waals surface area contributed by atoms with E-state index >= 15 is 0 Å². The number of aromatic nitrogens is 3. The van der Waals surface area contributed by atoms with E-state index in [2.05, 4.69) is 9.97 Å². The molecule has 18 heavy (non-hydrogen) atoms. The number of anilines is 1. The molecule has 0 aliphatic rings. The third-order valence-electron chi connectivity index (χ3n) is 2.94. The van der Waals surface area contributed by atoms with Crippen LogP contribution in [0.25, 0.3) is 11.2 Å². The molecule has 0 bridgehead atoms. The Balaban J connectivity index is 2.39. The number of fused-ring (bicyclic) bond motifs is 1. The Labute approximate surface area is 105 Å². The second-order valence-electron chi connectivity index (χ2n) is 4.32. The fraction of sp³-hybridized carbons (Fsp3) is 0.417. The summed E-state index contributed by atoms with van der Waals surface area (Å²) >= 11 is 0. The molecule has 0 saturated heterocycles. The summed E-state index contributed by atoms with van der Waals surface area (Å²) in [6.07, 6.45) is 1.74. The number of nitrogens with two attached hydrogens (primary N) is 1. The molecule has 2 rings (SSSR count). The molecule has 2 aromatic heterocycles. The molecule has 0 aliphatic heterocycles. The van der Waals surface area contributed by atoms with Crippen molar-refractivity contribution in [1.82, 2.24) is 19.4 Å². The van der Waals surface area contributed by atoms with Crippen molar-refractivity contribution in [3.05, 3.63) is 17.8 Å². The number of hydrogen-bond acceptors (Lipinski definition) is 4. The van der Waals surface area contributed by atoms with E-state index < -0.39 is 0 Å². The zero-order valence-corrected chi connectivity index (χ0v) is 10.8. The van der Waals surface area contributed by atoms with Gasteiger partial charge >= 0.3 is 0 Å². The maximum absolute atomic E-state index is 11.9. The van der Waals surface area contributed by atoms with E-state index in [0.717, 1.165) is 11.1 Å². The number of likely N-dealkylation sites (N-methyl/N-ethyl adjacent to an activating group) is 1. The summed E-state index contributed by atoms with van der Waals surface area (Å²) in [5, 5.41) is 0.